The minimum atomic E-state index is -4.74. The van der Waals surface area contributed by atoms with Crippen LogP contribution in [-0.4, -0.2) is 78.1 Å². The first-order chi connectivity index (χ1) is 22.1. The van der Waals surface area contributed by atoms with Crippen molar-refractivity contribution in [2.24, 2.45) is 5.73 Å². The standard InChI is InChI=1S/C28H29F3N10O2.CH2O2/c1-2-17-12-18(5-6-20(17)27(43)36-15-23(42)40-9-3-4-19(40)13-33)37-25-26-35-14-22(41(26)11-8-34-25)21-16-39(10-7-32)38-24(21)28(29,30)31;2-1-3/h5-6,8,11-12,14,16,19H,2-4,9-10,13,15,33H2,1H3,(H,34,37)(H,36,43);1H,(H,2,3). The smallest absolute Gasteiger partial charge is 0.435 e. The number of nitrogens with two attached hydrogens (primary N) is 1. The first-order valence-electron chi connectivity index (χ1n) is 14.2. The molecule has 5 N–H and O–H groups in total. The van der Waals surface area contributed by atoms with Crippen molar-refractivity contribution in [1.29, 1.82) is 5.26 Å². The molecule has 0 saturated carbocycles. The van der Waals surface area contributed by atoms with E-state index in [1.54, 1.807) is 29.2 Å². The molecule has 4 heterocycles. The second-order valence-electron chi connectivity index (χ2n) is 10.1. The average molecular weight is 641 g/mol. The van der Waals surface area contributed by atoms with E-state index in [1.807, 2.05) is 6.92 Å². The second kappa shape index (κ2) is 14.5. The van der Waals surface area contributed by atoms with Gasteiger partial charge in [-0.2, -0.15) is 23.5 Å². The molecule has 46 heavy (non-hydrogen) atoms. The lowest BCUT2D eigenvalue weighted by molar-refractivity contribution is -0.141. The number of nitrogens with zero attached hydrogens (tertiary/aromatic N) is 7. The number of aryl methyl sites for hydroxylation is 1. The number of hydrogen-bond acceptors (Lipinski definition) is 9. The highest BCUT2D eigenvalue weighted by atomic mass is 19.4. The van der Waals surface area contributed by atoms with Gasteiger partial charge < -0.3 is 26.4 Å². The predicted octanol–water partition coefficient (Wildman–Crippen LogP) is 2.82. The zero-order valence-corrected chi connectivity index (χ0v) is 24.7. The maximum atomic E-state index is 13.7. The molecule has 0 spiro atoms. The van der Waals surface area contributed by atoms with Crippen LogP contribution in [0.1, 0.15) is 41.4 Å². The lowest BCUT2D eigenvalue weighted by Crippen LogP contribution is -2.45. The molecule has 14 nitrogen and oxygen atoms in total. The SMILES string of the molecule is CCc1cc(Nc2nccn3c(-c4cn(CC#N)nc4C(F)(F)F)cnc23)ccc1C(=O)NCC(=O)N1CCCC1CN.O=CO. The van der Waals surface area contributed by atoms with Gasteiger partial charge in [-0.25, -0.2) is 9.97 Å². The van der Waals surface area contributed by atoms with Crippen LogP contribution >= 0.6 is 0 Å². The molecule has 17 heteroatoms. The zero-order valence-electron chi connectivity index (χ0n) is 24.7. The van der Waals surface area contributed by atoms with E-state index in [0.717, 1.165) is 23.7 Å². The Morgan fingerprint density at radius 1 is 1.28 bits per heavy atom. The highest BCUT2D eigenvalue weighted by Gasteiger charge is 2.38. The summed E-state index contributed by atoms with van der Waals surface area (Å²) in [6, 6.07) is 6.86. The number of rotatable bonds is 9. The van der Waals surface area contributed by atoms with Gasteiger partial charge in [-0.15, -0.1) is 0 Å². The molecule has 1 saturated heterocycles. The van der Waals surface area contributed by atoms with Crippen LogP contribution in [0.4, 0.5) is 24.7 Å². The molecular formula is C29H31F3N10O4. The van der Waals surface area contributed by atoms with Crippen LogP contribution in [0.15, 0.2) is 43.0 Å². The van der Waals surface area contributed by atoms with E-state index in [4.69, 9.17) is 20.9 Å². The van der Waals surface area contributed by atoms with Gasteiger partial charge >= 0.3 is 6.18 Å². The van der Waals surface area contributed by atoms with Crippen LogP contribution in [0.25, 0.3) is 16.9 Å². The number of amides is 2. The maximum absolute atomic E-state index is 13.7. The van der Waals surface area contributed by atoms with Crippen molar-refractivity contribution in [2.45, 2.75) is 44.9 Å². The van der Waals surface area contributed by atoms with Gasteiger partial charge in [0.1, 0.15) is 6.54 Å². The number of anilines is 2. The van der Waals surface area contributed by atoms with Crippen molar-refractivity contribution < 1.29 is 32.7 Å². The second-order valence-corrected chi connectivity index (χ2v) is 10.1. The van der Waals surface area contributed by atoms with Crippen LogP contribution in [0.3, 0.4) is 0 Å². The van der Waals surface area contributed by atoms with Gasteiger partial charge in [-0.3, -0.25) is 23.5 Å². The van der Waals surface area contributed by atoms with Gasteiger partial charge in [0.15, 0.2) is 17.2 Å². The third-order valence-corrected chi connectivity index (χ3v) is 7.33. The fourth-order valence-electron chi connectivity index (χ4n) is 5.26. The minimum absolute atomic E-state index is 0.00171. The van der Waals surface area contributed by atoms with E-state index in [9.17, 15) is 22.8 Å². The van der Waals surface area contributed by atoms with Crippen molar-refractivity contribution in [2.75, 3.05) is 25.0 Å². The third kappa shape index (κ3) is 7.24. The number of nitriles is 1. The lowest BCUT2D eigenvalue weighted by atomic mass is 10.0. The summed E-state index contributed by atoms with van der Waals surface area (Å²) in [4.78, 5) is 44.3. The Morgan fingerprint density at radius 2 is 2.04 bits per heavy atom. The zero-order chi connectivity index (χ0) is 33.4. The Bertz CT molecular complexity index is 1760. The molecule has 1 aliphatic heterocycles. The van der Waals surface area contributed by atoms with Crippen LogP contribution in [0, 0.1) is 11.3 Å². The number of fused-ring (bicyclic) bond motifs is 1. The summed E-state index contributed by atoms with van der Waals surface area (Å²) < 4.78 is 43.6. The number of carboxylic acid groups (broad SMARTS) is 1. The molecule has 1 fully saturated rings. The van der Waals surface area contributed by atoms with Gasteiger partial charge in [0, 0.05) is 49.0 Å². The Kier molecular flexibility index (Phi) is 10.5. The number of halogens is 3. The van der Waals surface area contributed by atoms with E-state index in [1.165, 1.54) is 23.0 Å². The van der Waals surface area contributed by atoms with E-state index in [-0.39, 0.29) is 60.1 Å². The molecule has 0 radical (unpaired) electrons. The average Bonchev–Trinajstić information content (AvgIpc) is 3.78. The topological polar surface area (TPSA) is 197 Å². The van der Waals surface area contributed by atoms with E-state index >= 15 is 0 Å². The summed E-state index contributed by atoms with van der Waals surface area (Å²) in [5, 5.41) is 25.2. The van der Waals surface area contributed by atoms with Crippen molar-refractivity contribution in [1.82, 2.24) is 34.4 Å². The molecule has 0 aliphatic carbocycles. The van der Waals surface area contributed by atoms with E-state index in [2.05, 4.69) is 25.7 Å². The number of likely N-dealkylation sites (tertiary alicyclic amines) is 1. The number of benzene rings is 1. The summed E-state index contributed by atoms with van der Waals surface area (Å²) in [5.74, 6) is -0.275. The molecule has 1 aliphatic rings. The summed E-state index contributed by atoms with van der Waals surface area (Å²) in [6.45, 7) is 2.19. The molecular weight excluding hydrogens is 609 g/mol. The van der Waals surface area contributed by atoms with Gasteiger partial charge in [-0.05, 0) is 43.0 Å². The largest absolute Gasteiger partial charge is 0.483 e. The number of carbonyl (C=O) groups is 3. The lowest BCUT2D eigenvalue weighted by Gasteiger charge is -2.23. The Morgan fingerprint density at radius 3 is 2.72 bits per heavy atom. The number of alkyl halides is 3. The highest BCUT2D eigenvalue weighted by Crippen LogP contribution is 2.37. The van der Waals surface area contributed by atoms with Crippen LogP contribution < -0.4 is 16.4 Å². The predicted molar refractivity (Wildman–Crippen MR) is 159 cm³/mol. The number of nitrogens with one attached hydrogen (secondary N) is 2. The third-order valence-electron chi connectivity index (χ3n) is 7.33. The summed E-state index contributed by atoms with van der Waals surface area (Å²) in [7, 11) is 0. The van der Waals surface area contributed by atoms with Gasteiger partial charge in [-0.1, -0.05) is 6.92 Å². The Labute approximate surface area is 260 Å². The highest BCUT2D eigenvalue weighted by molar-refractivity contribution is 5.98. The van der Waals surface area contributed by atoms with Gasteiger partial charge in [0.2, 0.25) is 5.91 Å². The number of hydrogen-bond donors (Lipinski definition) is 4. The normalized spacial score (nSPS) is 14.3. The maximum Gasteiger partial charge on any atom is 0.435 e. The van der Waals surface area contributed by atoms with Crippen LogP contribution in [-0.2, 0) is 28.7 Å². The number of carbonyl (C=O) groups excluding carboxylic acids is 2. The Hall–Kier alpha value is -5.50. The fourth-order valence-corrected chi connectivity index (χ4v) is 5.26. The first kappa shape index (κ1) is 33.4. The molecule has 0 bridgehead atoms. The fraction of sp³-hybridized carbons (Fsp3) is 0.345. The molecule has 1 atom stereocenters. The molecule has 5 rings (SSSR count). The number of imidazole rings is 1. The van der Waals surface area contributed by atoms with Crippen LogP contribution in [0.5, 0.6) is 0 Å². The molecule has 3 aromatic heterocycles. The summed E-state index contributed by atoms with van der Waals surface area (Å²) in [5.41, 5.74) is 6.50. The first-order valence-corrected chi connectivity index (χ1v) is 14.2. The Balaban J connectivity index is 0.00000154. The minimum Gasteiger partial charge on any atom is -0.483 e. The number of aromatic nitrogens is 5. The molecule has 2 amide bonds. The quantitative estimate of drug-likeness (QED) is 0.198. The molecule has 242 valence electrons. The summed E-state index contributed by atoms with van der Waals surface area (Å²) >= 11 is 0. The van der Waals surface area contributed by atoms with Crippen molar-refractivity contribution in [3.05, 3.63) is 59.8 Å². The van der Waals surface area contributed by atoms with Gasteiger partial charge in [0.05, 0.1) is 30.1 Å². The molecule has 1 aromatic carbocycles. The molecule has 1 unspecified atom stereocenters. The van der Waals surface area contributed by atoms with Crippen molar-refractivity contribution in [3.8, 4) is 17.3 Å². The van der Waals surface area contributed by atoms with Crippen LogP contribution in [0.2, 0.25) is 0 Å². The molecule has 4 aromatic rings. The van der Waals surface area contributed by atoms with Crippen molar-refractivity contribution >= 4 is 35.4 Å². The van der Waals surface area contributed by atoms with Crippen molar-refractivity contribution in [3.63, 3.8) is 0 Å². The van der Waals surface area contributed by atoms with Gasteiger partial charge in [0.25, 0.3) is 12.4 Å². The van der Waals surface area contributed by atoms with E-state index in [0.29, 0.717) is 36.3 Å². The van der Waals surface area contributed by atoms with E-state index < -0.39 is 11.9 Å². The summed E-state index contributed by atoms with van der Waals surface area (Å²) in [6.07, 6.45) is 2.87. The monoisotopic (exact) mass is 640 g/mol.